The van der Waals surface area contributed by atoms with Gasteiger partial charge in [-0.3, -0.25) is 4.79 Å². The molecule has 1 aliphatic heterocycles. The molecule has 1 N–H and O–H groups in total. The second-order valence-corrected chi connectivity index (χ2v) is 6.85. The van der Waals surface area contributed by atoms with E-state index in [-0.39, 0.29) is 22.9 Å². The van der Waals surface area contributed by atoms with E-state index in [1.165, 1.54) is 12.1 Å². The lowest BCUT2D eigenvalue weighted by molar-refractivity contribution is -0.217. The number of ether oxygens (including phenoxy) is 2. The molecule has 0 amide bonds. The van der Waals surface area contributed by atoms with Crippen LogP contribution in [0.2, 0.25) is 5.02 Å². The van der Waals surface area contributed by atoms with Gasteiger partial charge in [-0.1, -0.05) is 29.8 Å². The number of hydrogen-bond donors (Lipinski definition) is 1. The van der Waals surface area contributed by atoms with Crippen LogP contribution in [-0.4, -0.2) is 23.4 Å². The largest absolute Gasteiger partial charge is 0.481 e. The van der Waals surface area contributed by atoms with Crippen LogP contribution in [0.5, 0.6) is 17.2 Å². The number of alkyl halides is 3. The highest BCUT2D eigenvalue weighted by Crippen LogP contribution is 2.43. The number of aryl methyl sites for hydroxylation is 2. The molecule has 0 aliphatic carbocycles. The number of carbonyl (C=O) groups is 1. The van der Waals surface area contributed by atoms with Gasteiger partial charge < -0.3 is 14.6 Å². The Morgan fingerprint density at radius 1 is 1.26 bits per heavy atom. The fraction of sp³-hybridized carbons (Fsp3) is 0.316. The maximum absolute atomic E-state index is 13.2. The monoisotopic (exact) mass is 400 g/mol. The van der Waals surface area contributed by atoms with E-state index >= 15 is 0 Å². The molecule has 0 aromatic heterocycles. The molecule has 4 nitrogen and oxygen atoms in total. The summed E-state index contributed by atoms with van der Waals surface area (Å²) in [4.78, 5) is 11.3. The SMILES string of the molecule is Cc1cccc(C)c1Oc1cc2c(cc1Cl)CC(C(=O)O)C(C(F)(F)F)O2. The van der Waals surface area contributed by atoms with E-state index in [0.29, 0.717) is 11.3 Å². The van der Waals surface area contributed by atoms with Gasteiger partial charge in [-0.2, -0.15) is 13.2 Å². The van der Waals surface area contributed by atoms with Crippen molar-refractivity contribution < 1.29 is 32.5 Å². The van der Waals surface area contributed by atoms with Crippen LogP contribution in [0, 0.1) is 19.8 Å². The third kappa shape index (κ3) is 3.83. The van der Waals surface area contributed by atoms with Crippen LogP contribution in [0.4, 0.5) is 13.2 Å². The van der Waals surface area contributed by atoms with E-state index in [2.05, 4.69) is 0 Å². The first-order valence-corrected chi connectivity index (χ1v) is 8.48. The lowest BCUT2D eigenvalue weighted by Crippen LogP contribution is -2.47. The number of hydrogen-bond acceptors (Lipinski definition) is 3. The number of aliphatic carboxylic acids is 1. The Labute approximate surface area is 158 Å². The predicted octanol–water partition coefficient (Wildman–Crippen LogP) is 5.32. The maximum atomic E-state index is 13.2. The summed E-state index contributed by atoms with van der Waals surface area (Å²) in [5, 5.41) is 9.30. The molecule has 27 heavy (non-hydrogen) atoms. The molecule has 0 bridgehead atoms. The van der Waals surface area contributed by atoms with Crippen LogP contribution >= 0.6 is 11.6 Å². The summed E-state index contributed by atoms with van der Waals surface area (Å²) in [6.45, 7) is 3.67. The lowest BCUT2D eigenvalue weighted by Gasteiger charge is -2.32. The summed E-state index contributed by atoms with van der Waals surface area (Å²) in [6, 6.07) is 8.20. The Morgan fingerprint density at radius 3 is 2.44 bits per heavy atom. The van der Waals surface area contributed by atoms with Crippen LogP contribution in [0.25, 0.3) is 0 Å². The van der Waals surface area contributed by atoms with Crippen molar-refractivity contribution in [1.82, 2.24) is 0 Å². The summed E-state index contributed by atoms with van der Waals surface area (Å²) >= 11 is 6.22. The molecule has 0 fully saturated rings. The van der Waals surface area contributed by atoms with Gasteiger partial charge in [0.15, 0.2) is 0 Å². The minimum absolute atomic E-state index is 0.0829. The molecule has 0 radical (unpaired) electrons. The van der Waals surface area contributed by atoms with Crippen LogP contribution in [0.3, 0.4) is 0 Å². The highest BCUT2D eigenvalue weighted by Gasteiger charge is 2.52. The highest BCUT2D eigenvalue weighted by molar-refractivity contribution is 6.32. The van der Waals surface area contributed by atoms with Crippen LogP contribution in [-0.2, 0) is 11.2 Å². The van der Waals surface area contributed by atoms with Crippen LogP contribution in [0.1, 0.15) is 16.7 Å². The maximum Gasteiger partial charge on any atom is 0.426 e. The van der Waals surface area contributed by atoms with Crippen LogP contribution in [0.15, 0.2) is 30.3 Å². The van der Waals surface area contributed by atoms with Gasteiger partial charge in [0, 0.05) is 6.07 Å². The molecule has 1 heterocycles. The quantitative estimate of drug-likeness (QED) is 0.758. The third-order valence-electron chi connectivity index (χ3n) is 4.43. The van der Waals surface area contributed by atoms with Gasteiger partial charge in [0.05, 0.1) is 5.02 Å². The van der Waals surface area contributed by atoms with Gasteiger partial charge >= 0.3 is 12.1 Å². The molecule has 2 aromatic carbocycles. The zero-order valence-corrected chi connectivity index (χ0v) is 15.2. The third-order valence-corrected chi connectivity index (χ3v) is 4.73. The molecule has 8 heteroatoms. The van der Waals surface area contributed by atoms with E-state index in [1.807, 2.05) is 32.0 Å². The Balaban J connectivity index is 2.00. The molecule has 144 valence electrons. The van der Waals surface area contributed by atoms with Gasteiger partial charge in [-0.05, 0) is 43.0 Å². The second-order valence-electron chi connectivity index (χ2n) is 6.44. The van der Waals surface area contributed by atoms with Crippen molar-refractivity contribution in [3.05, 3.63) is 52.0 Å². The molecule has 0 saturated carbocycles. The van der Waals surface area contributed by atoms with Crippen molar-refractivity contribution in [1.29, 1.82) is 0 Å². The number of carboxylic acid groups (broad SMARTS) is 1. The number of para-hydroxylation sites is 1. The molecule has 2 aromatic rings. The predicted molar refractivity (Wildman–Crippen MR) is 92.7 cm³/mol. The lowest BCUT2D eigenvalue weighted by atomic mass is 9.90. The minimum atomic E-state index is -4.81. The van der Waals surface area contributed by atoms with Crippen molar-refractivity contribution >= 4 is 17.6 Å². The number of benzene rings is 2. The minimum Gasteiger partial charge on any atom is -0.481 e. The first kappa shape index (κ1) is 19.4. The molecule has 1 aliphatic rings. The molecule has 0 saturated heterocycles. The number of rotatable bonds is 3. The molecule has 2 atom stereocenters. The Kier molecular flexibility index (Phi) is 4.99. The van der Waals surface area contributed by atoms with E-state index < -0.39 is 24.2 Å². The smallest absolute Gasteiger partial charge is 0.426 e. The Morgan fingerprint density at radius 2 is 1.89 bits per heavy atom. The summed E-state index contributed by atoms with van der Waals surface area (Å²) < 4.78 is 50.5. The first-order chi connectivity index (χ1) is 12.6. The fourth-order valence-electron chi connectivity index (χ4n) is 3.07. The molecular weight excluding hydrogens is 385 g/mol. The average molecular weight is 401 g/mol. The fourth-order valence-corrected chi connectivity index (χ4v) is 3.29. The molecule has 0 spiro atoms. The topological polar surface area (TPSA) is 55.8 Å². The van der Waals surface area contributed by atoms with E-state index in [4.69, 9.17) is 26.2 Å². The van der Waals surface area contributed by atoms with Gasteiger partial charge in [0.2, 0.25) is 6.10 Å². The van der Waals surface area contributed by atoms with Crippen molar-refractivity contribution in [2.75, 3.05) is 0 Å². The number of carboxylic acids is 1. The van der Waals surface area contributed by atoms with Crippen molar-refractivity contribution in [3.8, 4) is 17.2 Å². The Bertz CT molecular complexity index is 875. The van der Waals surface area contributed by atoms with Crippen molar-refractivity contribution in [2.24, 2.45) is 5.92 Å². The van der Waals surface area contributed by atoms with Crippen molar-refractivity contribution in [2.45, 2.75) is 32.5 Å². The van der Waals surface area contributed by atoms with Gasteiger partial charge in [0.25, 0.3) is 0 Å². The summed E-state index contributed by atoms with van der Waals surface area (Å²) in [5.41, 5.74) is 1.97. The average Bonchev–Trinajstić information content (AvgIpc) is 2.56. The van der Waals surface area contributed by atoms with E-state index in [0.717, 1.165) is 11.1 Å². The molecule has 3 rings (SSSR count). The first-order valence-electron chi connectivity index (χ1n) is 8.10. The van der Waals surface area contributed by atoms with Gasteiger partial charge in [0.1, 0.15) is 23.2 Å². The standard InChI is InChI=1S/C19H16ClF3O4/c1-9-4-3-5-10(2)16(9)26-15-8-14-11(7-13(15)20)6-12(18(24)25)17(27-14)19(21,22)23/h3-5,7-8,12,17H,6H2,1-2H3,(H,24,25). The molecular formula is C19H16ClF3O4. The molecule has 2 unspecified atom stereocenters. The number of fused-ring (bicyclic) bond motifs is 1. The summed E-state index contributed by atoms with van der Waals surface area (Å²) in [6.07, 6.45) is -7.58. The van der Waals surface area contributed by atoms with E-state index in [9.17, 15) is 18.0 Å². The second kappa shape index (κ2) is 6.96. The number of halogens is 4. The van der Waals surface area contributed by atoms with Gasteiger partial charge in [-0.15, -0.1) is 0 Å². The van der Waals surface area contributed by atoms with E-state index in [1.54, 1.807) is 0 Å². The highest BCUT2D eigenvalue weighted by atomic mass is 35.5. The summed E-state index contributed by atoms with van der Waals surface area (Å²) in [7, 11) is 0. The zero-order chi connectivity index (χ0) is 19.9. The normalized spacial score (nSPS) is 19.2. The van der Waals surface area contributed by atoms with Crippen LogP contribution < -0.4 is 9.47 Å². The zero-order valence-electron chi connectivity index (χ0n) is 14.4. The summed E-state index contributed by atoms with van der Waals surface area (Å²) in [5.74, 6) is -2.71. The Hall–Kier alpha value is -2.41. The van der Waals surface area contributed by atoms with Crippen molar-refractivity contribution in [3.63, 3.8) is 0 Å². The van der Waals surface area contributed by atoms with Gasteiger partial charge in [-0.25, -0.2) is 0 Å².